The predicted octanol–water partition coefficient (Wildman–Crippen LogP) is 1.97. The van der Waals surface area contributed by atoms with Gasteiger partial charge in [-0.1, -0.05) is 12.1 Å². The molecule has 5 atom stereocenters. The summed E-state index contributed by atoms with van der Waals surface area (Å²) in [4.78, 5) is 39.7. The Kier molecular flexibility index (Phi) is 6.50. The largest absolute Gasteiger partial charge is 0.510 e. The van der Waals surface area contributed by atoms with Crippen molar-refractivity contribution in [3.8, 4) is 17.2 Å². The van der Waals surface area contributed by atoms with E-state index in [2.05, 4.69) is 0 Å². The van der Waals surface area contributed by atoms with E-state index in [4.69, 9.17) is 19.9 Å². The number of aliphatic hydroxyl groups excluding tert-OH is 1. The Hall–Kier alpha value is -3.77. The second-order valence-electron chi connectivity index (χ2n) is 10.1. The third kappa shape index (κ3) is 4.00. The average Bonchev–Trinajstić information content (AvgIpc) is 2.90. The molecule has 0 fully saturated rings. The minimum absolute atomic E-state index is 0.0169. The number of ether oxygens (including phenoxy) is 3. The lowest BCUT2D eigenvalue weighted by Crippen LogP contribution is -2.47. The summed E-state index contributed by atoms with van der Waals surface area (Å²) in [6.07, 6.45) is -2.37. The van der Waals surface area contributed by atoms with Gasteiger partial charge >= 0.3 is 0 Å². The molecule has 2 aromatic carbocycles. The van der Waals surface area contributed by atoms with Gasteiger partial charge in [-0.3, -0.25) is 14.4 Å². The van der Waals surface area contributed by atoms with E-state index in [0.29, 0.717) is 0 Å². The molecule has 0 bridgehead atoms. The van der Waals surface area contributed by atoms with Gasteiger partial charge in [-0.25, -0.2) is 0 Å². The first-order chi connectivity index (χ1) is 18.4. The number of aliphatic hydroxyl groups is 2. The minimum Gasteiger partial charge on any atom is -0.510 e. The highest BCUT2D eigenvalue weighted by atomic mass is 16.7. The molecule has 3 aliphatic rings. The zero-order valence-corrected chi connectivity index (χ0v) is 21.6. The molecule has 2 aromatic rings. The van der Waals surface area contributed by atoms with E-state index in [0.717, 1.165) is 0 Å². The molecule has 6 N–H and O–H groups in total. The van der Waals surface area contributed by atoms with E-state index in [1.54, 1.807) is 6.92 Å². The summed E-state index contributed by atoms with van der Waals surface area (Å²) >= 11 is 0. The number of hydrogen-bond donors (Lipinski definition) is 5. The van der Waals surface area contributed by atoms with Gasteiger partial charge in [0, 0.05) is 42.0 Å². The first kappa shape index (κ1) is 26.8. The second-order valence-corrected chi connectivity index (χ2v) is 10.1. The first-order valence-corrected chi connectivity index (χ1v) is 12.5. The summed E-state index contributed by atoms with van der Waals surface area (Å²) in [5.41, 5.74) is 2.74. The van der Waals surface area contributed by atoms with E-state index in [9.17, 15) is 34.8 Å². The zero-order chi connectivity index (χ0) is 28.4. The number of methoxy groups -OCH3 is 1. The number of carbonyl (C=O) groups excluding carboxylic acids is 3. The van der Waals surface area contributed by atoms with Gasteiger partial charge in [0.1, 0.15) is 34.7 Å². The number of aromatic hydroxyl groups is 2. The third-order valence-electron chi connectivity index (χ3n) is 7.79. The van der Waals surface area contributed by atoms with Crippen molar-refractivity contribution < 1.29 is 49.0 Å². The first-order valence-electron chi connectivity index (χ1n) is 12.5. The molecule has 11 nitrogen and oxygen atoms in total. The van der Waals surface area contributed by atoms with Gasteiger partial charge in [-0.2, -0.15) is 0 Å². The molecule has 0 aromatic heterocycles. The summed E-state index contributed by atoms with van der Waals surface area (Å²) in [7, 11) is 1.34. The van der Waals surface area contributed by atoms with Crippen LogP contribution in [0.2, 0.25) is 0 Å². The maximum atomic E-state index is 13.7. The number of phenolic OH excluding ortho intramolecular Hbond substituents is 2. The van der Waals surface area contributed by atoms with Crippen molar-refractivity contribution in [3.05, 3.63) is 63.4 Å². The van der Waals surface area contributed by atoms with Gasteiger partial charge in [-0.15, -0.1) is 0 Å². The van der Waals surface area contributed by atoms with Gasteiger partial charge < -0.3 is 40.4 Å². The van der Waals surface area contributed by atoms with Gasteiger partial charge in [0.05, 0.1) is 29.9 Å². The fraction of sp³-hybridized carbons (Fsp3) is 0.393. The van der Waals surface area contributed by atoms with Crippen LogP contribution in [0, 0.1) is 5.92 Å². The standard InChI is InChI=1S/C28H29NO10/c1-11-16(31)7-13(10-29)27(38-11)39-18-9-28(36,12(2)30)8-15-20(18)26(35)22-21(24(15)33)23(32)14-5-4-6-17(37-3)19(14)25(22)34/h4-7,11,13,18,27,31,33,35-36H,8-10,29H2,1-3H3/t11-,13+,18-,27?,28-/m0/s1. The molecule has 1 aliphatic heterocycles. The third-order valence-corrected chi connectivity index (χ3v) is 7.79. The highest BCUT2D eigenvalue weighted by molar-refractivity contribution is 6.31. The van der Waals surface area contributed by atoms with Crippen LogP contribution in [-0.2, 0) is 20.7 Å². The van der Waals surface area contributed by atoms with Crippen molar-refractivity contribution in [1.82, 2.24) is 0 Å². The summed E-state index contributed by atoms with van der Waals surface area (Å²) in [6.45, 7) is 2.78. The number of carbonyl (C=O) groups is 3. The number of rotatable bonds is 5. The number of fused-ring (bicyclic) bond motifs is 3. The number of benzene rings is 2. The number of ketones is 3. The van der Waals surface area contributed by atoms with Crippen LogP contribution in [0.25, 0.3) is 0 Å². The molecular formula is C28H29NO10. The smallest absolute Gasteiger partial charge is 0.202 e. The lowest BCUT2D eigenvalue weighted by molar-refractivity contribution is -0.225. The Morgan fingerprint density at radius 1 is 1.13 bits per heavy atom. The van der Waals surface area contributed by atoms with Crippen LogP contribution >= 0.6 is 0 Å². The van der Waals surface area contributed by atoms with E-state index in [1.807, 2.05) is 0 Å². The van der Waals surface area contributed by atoms with Gasteiger partial charge in [0.25, 0.3) is 0 Å². The van der Waals surface area contributed by atoms with Crippen molar-refractivity contribution in [2.24, 2.45) is 11.7 Å². The summed E-state index contributed by atoms with van der Waals surface area (Å²) in [5, 5.41) is 44.3. The molecule has 206 valence electrons. The quantitative estimate of drug-likeness (QED) is 0.298. The molecule has 0 saturated carbocycles. The van der Waals surface area contributed by atoms with Crippen molar-refractivity contribution in [1.29, 1.82) is 0 Å². The average molecular weight is 540 g/mol. The van der Waals surface area contributed by atoms with E-state index in [-0.39, 0.29) is 46.7 Å². The fourth-order valence-corrected chi connectivity index (χ4v) is 5.58. The number of nitrogens with two attached hydrogens (primary N) is 1. The second kappa shape index (κ2) is 9.45. The normalized spacial score (nSPS) is 27.8. The van der Waals surface area contributed by atoms with E-state index < -0.39 is 76.4 Å². The Balaban J connectivity index is 1.71. The molecule has 39 heavy (non-hydrogen) atoms. The van der Waals surface area contributed by atoms with Crippen molar-refractivity contribution >= 4 is 17.3 Å². The van der Waals surface area contributed by atoms with Gasteiger partial charge in [0.2, 0.25) is 5.78 Å². The number of phenols is 2. The lowest BCUT2D eigenvalue weighted by atomic mass is 9.72. The van der Waals surface area contributed by atoms with Crippen LogP contribution in [0.15, 0.2) is 30.0 Å². The van der Waals surface area contributed by atoms with Crippen molar-refractivity contribution in [3.63, 3.8) is 0 Å². The van der Waals surface area contributed by atoms with Crippen molar-refractivity contribution in [2.75, 3.05) is 13.7 Å². The molecule has 5 rings (SSSR count). The minimum atomic E-state index is -2.02. The lowest BCUT2D eigenvalue weighted by Gasteiger charge is -2.41. The van der Waals surface area contributed by atoms with Crippen LogP contribution in [0.1, 0.15) is 69.3 Å². The molecular weight excluding hydrogens is 510 g/mol. The van der Waals surface area contributed by atoms with Crippen LogP contribution in [0.3, 0.4) is 0 Å². The summed E-state index contributed by atoms with van der Waals surface area (Å²) < 4.78 is 17.2. The zero-order valence-electron chi connectivity index (χ0n) is 21.6. The highest BCUT2D eigenvalue weighted by Crippen LogP contribution is 2.52. The van der Waals surface area contributed by atoms with E-state index in [1.165, 1.54) is 38.3 Å². The molecule has 1 unspecified atom stereocenters. The topological polar surface area (TPSA) is 186 Å². The molecule has 0 amide bonds. The summed E-state index contributed by atoms with van der Waals surface area (Å²) in [5.74, 6) is -3.88. The van der Waals surface area contributed by atoms with Crippen LogP contribution in [0.4, 0.5) is 0 Å². The molecule has 1 heterocycles. The van der Waals surface area contributed by atoms with Crippen LogP contribution in [-0.4, -0.2) is 69.4 Å². The molecule has 11 heteroatoms. The summed E-state index contributed by atoms with van der Waals surface area (Å²) in [6, 6.07) is 4.43. The maximum absolute atomic E-state index is 13.7. The monoisotopic (exact) mass is 539 g/mol. The Bertz CT molecular complexity index is 1450. The maximum Gasteiger partial charge on any atom is 0.202 e. The number of Topliss-reactive ketones (excluding diaryl/α,β-unsaturated/α-hetero) is 1. The Morgan fingerprint density at radius 3 is 2.46 bits per heavy atom. The molecule has 0 saturated heterocycles. The Labute approximate surface area is 223 Å². The number of hydrogen-bond acceptors (Lipinski definition) is 11. The molecule has 0 radical (unpaired) electrons. The highest BCUT2D eigenvalue weighted by Gasteiger charge is 2.49. The van der Waals surface area contributed by atoms with Crippen LogP contribution < -0.4 is 10.5 Å². The molecule has 0 spiro atoms. The van der Waals surface area contributed by atoms with Gasteiger partial charge in [-0.05, 0) is 26.0 Å². The SMILES string of the molecule is COc1cccc2c1C(=O)c1c(O)c3c(c(O)c1C2=O)C[C@@](O)(C(C)=O)C[C@@H]3OC1O[C@@H](C)C(O)=C[C@@H]1CN. The fourth-order valence-electron chi connectivity index (χ4n) is 5.58. The van der Waals surface area contributed by atoms with E-state index >= 15 is 0 Å². The van der Waals surface area contributed by atoms with Crippen LogP contribution in [0.5, 0.6) is 17.2 Å². The van der Waals surface area contributed by atoms with Gasteiger partial charge in [0.15, 0.2) is 17.9 Å². The predicted molar refractivity (Wildman–Crippen MR) is 135 cm³/mol. The molecule has 2 aliphatic carbocycles. The van der Waals surface area contributed by atoms with Crippen molar-refractivity contribution in [2.45, 2.75) is 50.8 Å². The Morgan fingerprint density at radius 2 is 1.82 bits per heavy atom.